The number of nitrogen functional groups attached to an aromatic ring is 1. The summed E-state index contributed by atoms with van der Waals surface area (Å²) >= 11 is 0. The van der Waals surface area contributed by atoms with Gasteiger partial charge in [-0.05, 0) is 59.9 Å². The van der Waals surface area contributed by atoms with Gasteiger partial charge in [0.15, 0.2) is 0 Å². The van der Waals surface area contributed by atoms with Crippen LogP contribution in [-0.4, -0.2) is 36.8 Å². The summed E-state index contributed by atoms with van der Waals surface area (Å²) in [5.41, 5.74) is 12.8. The first-order valence-corrected chi connectivity index (χ1v) is 11.2. The number of nitrogens with zero attached hydrogens (tertiary/aromatic N) is 1. The molecule has 3 aromatic rings. The normalized spacial score (nSPS) is 18.2. The van der Waals surface area contributed by atoms with Crippen molar-refractivity contribution in [3.63, 3.8) is 0 Å². The van der Waals surface area contributed by atoms with E-state index in [-0.39, 0.29) is 12.0 Å². The largest absolute Gasteiger partial charge is 0.481 e. The van der Waals surface area contributed by atoms with E-state index in [2.05, 4.69) is 24.3 Å². The maximum absolute atomic E-state index is 12.9. The maximum Gasteiger partial charge on any atom is 0.409 e. The van der Waals surface area contributed by atoms with Crippen molar-refractivity contribution in [1.29, 1.82) is 0 Å². The smallest absolute Gasteiger partial charge is 0.409 e. The number of anilines is 1. The quantitative estimate of drug-likeness (QED) is 0.535. The third-order valence-electron chi connectivity index (χ3n) is 6.56. The van der Waals surface area contributed by atoms with Gasteiger partial charge in [0.05, 0.1) is 6.54 Å². The second-order valence-electron chi connectivity index (χ2n) is 9.15. The number of benzene rings is 3. The molecule has 0 saturated carbocycles. The average molecular weight is 441 g/mol. The first-order chi connectivity index (χ1) is 15.8. The fraction of sp³-hybridized carbons (Fsp3) is 0.250. The number of amides is 1. The van der Waals surface area contributed by atoms with Crippen LogP contribution in [0.3, 0.4) is 0 Å². The predicted octanol–water partition coefficient (Wildman–Crippen LogP) is 5.62. The first kappa shape index (κ1) is 21.1. The fourth-order valence-electron chi connectivity index (χ4n) is 4.81. The van der Waals surface area contributed by atoms with Crippen LogP contribution >= 0.6 is 0 Å². The number of carbonyl (C=O) groups is 1. The lowest BCUT2D eigenvalue weighted by molar-refractivity contribution is 0.0668. The Morgan fingerprint density at radius 1 is 1.09 bits per heavy atom. The fourth-order valence-corrected chi connectivity index (χ4v) is 4.81. The van der Waals surface area contributed by atoms with Gasteiger partial charge in [0, 0.05) is 24.2 Å². The van der Waals surface area contributed by atoms with Gasteiger partial charge in [-0.25, -0.2) is 4.79 Å². The van der Waals surface area contributed by atoms with Crippen molar-refractivity contribution in [3.05, 3.63) is 89.0 Å². The van der Waals surface area contributed by atoms with Crippen LogP contribution in [-0.2, 0) is 4.74 Å². The van der Waals surface area contributed by atoms with Crippen molar-refractivity contribution >= 4 is 17.9 Å². The zero-order chi connectivity index (χ0) is 23.2. The second kappa shape index (κ2) is 8.00. The molecule has 0 aromatic heterocycles. The monoisotopic (exact) mass is 440 g/mol. The molecular weight excluding hydrogens is 412 g/mol. The molecule has 1 unspecified atom stereocenters. The highest BCUT2D eigenvalue weighted by molar-refractivity contribution is 5.79. The number of nitrogens with two attached hydrogens (primary N) is 1. The second-order valence-corrected chi connectivity index (χ2v) is 9.15. The van der Waals surface area contributed by atoms with Crippen LogP contribution < -0.4 is 10.5 Å². The van der Waals surface area contributed by atoms with Crippen LogP contribution in [0.1, 0.15) is 35.1 Å². The summed E-state index contributed by atoms with van der Waals surface area (Å²) < 4.78 is 12.0. The van der Waals surface area contributed by atoms with E-state index in [0.717, 1.165) is 22.6 Å². The molecule has 168 valence electrons. The van der Waals surface area contributed by atoms with Crippen LogP contribution in [0.4, 0.5) is 10.5 Å². The predicted molar refractivity (Wildman–Crippen MR) is 131 cm³/mol. The zero-order valence-corrected chi connectivity index (χ0v) is 19.2. The maximum atomic E-state index is 12.9. The van der Waals surface area contributed by atoms with E-state index < -0.39 is 5.60 Å². The van der Waals surface area contributed by atoms with Crippen LogP contribution in [0.5, 0.6) is 5.75 Å². The Kier molecular flexibility index (Phi) is 5.12. The molecule has 0 bridgehead atoms. The summed E-state index contributed by atoms with van der Waals surface area (Å²) in [6, 6.07) is 20.5. The van der Waals surface area contributed by atoms with Crippen molar-refractivity contribution in [2.45, 2.75) is 25.4 Å². The van der Waals surface area contributed by atoms with Gasteiger partial charge in [-0.3, -0.25) is 0 Å². The highest BCUT2D eigenvalue weighted by Crippen LogP contribution is 2.44. The van der Waals surface area contributed by atoms with Gasteiger partial charge in [-0.1, -0.05) is 54.6 Å². The molecule has 0 fully saturated rings. The third kappa shape index (κ3) is 3.84. The molecule has 5 heteroatoms. The molecule has 0 spiro atoms. The molecular formula is C28H28N2O3. The number of hydrogen-bond donors (Lipinski definition) is 1. The SMILES string of the molecule is Cc1cc2c(cc1N)C=CC(C)(CN(C)C(=O)OCC1c3ccccc3-c3ccccc31)O2. The van der Waals surface area contributed by atoms with E-state index in [9.17, 15) is 4.79 Å². The highest BCUT2D eigenvalue weighted by Gasteiger charge is 2.33. The Bertz CT molecular complexity index is 1220. The molecule has 0 saturated heterocycles. The molecule has 1 heterocycles. The van der Waals surface area contributed by atoms with E-state index >= 15 is 0 Å². The van der Waals surface area contributed by atoms with Gasteiger partial charge >= 0.3 is 6.09 Å². The van der Waals surface area contributed by atoms with Gasteiger partial charge < -0.3 is 20.1 Å². The standard InChI is InChI=1S/C28H28N2O3/c1-18-14-26-19(15-25(18)29)12-13-28(2,33-26)17-30(3)27(31)32-16-24-22-10-6-4-8-20(22)21-9-5-7-11-23(21)24/h4-15,24H,16-17,29H2,1-3H3. The van der Waals surface area contributed by atoms with Crippen molar-refractivity contribution in [2.75, 3.05) is 25.9 Å². The van der Waals surface area contributed by atoms with Crippen molar-refractivity contribution < 1.29 is 14.3 Å². The summed E-state index contributed by atoms with van der Waals surface area (Å²) in [4.78, 5) is 14.5. The summed E-state index contributed by atoms with van der Waals surface area (Å²) in [7, 11) is 1.74. The molecule has 5 nitrogen and oxygen atoms in total. The lowest BCUT2D eigenvalue weighted by atomic mass is 9.98. The molecule has 1 aliphatic heterocycles. The number of likely N-dealkylation sites (N-methyl/N-ethyl adjacent to an activating group) is 1. The minimum absolute atomic E-state index is 0.0384. The van der Waals surface area contributed by atoms with E-state index in [4.69, 9.17) is 15.2 Å². The Hall–Kier alpha value is -3.73. The molecule has 1 amide bonds. The van der Waals surface area contributed by atoms with Crippen molar-refractivity contribution in [2.24, 2.45) is 0 Å². The number of carbonyl (C=O) groups excluding carboxylic acids is 1. The first-order valence-electron chi connectivity index (χ1n) is 11.2. The van der Waals surface area contributed by atoms with Crippen molar-refractivity contribution in [1.82, 2.24) is 4.90 Å². The minimum Gasteiger partial charge on any atom is -0.481 e. The van der Waals surface area contributed by atoms with Crippen LogP contribution in [0.2, 0.25) is 0 Å². The van der Waals surface area contributed by atoms with Crippen LogP contribution in [0.25, 0.3) is 17.2 Å². The van der Waals surface area contributed by atoms with Gasteiger partial charge in [-0.15, -0.1) is 0 Å². The Balaban J connectivity index is 1.26. The number of aryl methyl sites for hydroxylation is 1. The Morgan fingerprint density at radius 2 is 1.73 bits per heavy atom. The Morgan fingerprint density at radius 3 is 2.39 bits per heavy atom. The van der Waals surface area contributed by atoms with E-state index in [1.807, 2.05) is 62.4 Å². The number of hydrogen-bond acceptors (Lipinski definition) is 4. The molecule has 2 aliphatic rings. The van der Waals surface area contributed by atoms with Crippen LogP contribution in [0.15, 0.2) is 66.7 Å². The summed E-state index contributed by atoms with van der Waals surface area (Å²) in [5, 5.41) is 0. The highest BCUT2D eigenvalue weighted by atomic mass is 16.6. The van der Waals surface area contributed by atoms with Crippen molar-refractivity contribution in [3.8, 4) is 16.9 Å². The topological polar surface area (TPSA) is 64.8 Å². The minimum atomic E-state index is -0.657. The van der Waals surface area contributed by atoms with E-state index in [1.54, 1.807) is 11.9 Å². The molecule has 33 heavy (non-hydrogen) atoms. The molecule has 1 aliphatic carbocycles. The van der Waals surface area contributed by atoms with Gasteiger partial charge in [0.25, 0.3) is 0 Å². The summed E-state index contributed by atoms with van der Waals surface area (Å²) in [5.74, 6) is 0.809. The average Bonchev–Trinajstić information content (AvgIpc) is 3.12. The lowest BCUT2D eigenvalue weighted by Crippen LogP contribution is -2.45. The molecule has 2 N–H and O–H groups in total. The number of fused-ring (bicyclic) bond motifs is 4. The van der Waals surface area contributed by atoms with E-state index in [0.29, 0.717) is 13.2 Å². The number of ether oxygens (including phenoxy) is 2. The van der Waals surface area contributed by atoms with Gasteiger partial charge in [0.1, 0.15) is 18.0 Å². The lowest BCUT2D eigenvalue weighted by Gasteiger charge is -2.35. The number of rotatable bonds is 4. The van der Waals surface area contributed by atoms with Crippen LogP contribution in [0, 0.1) is 6.92 Å². The molecule has 0 radical (unpaired) electrons. The van der Waals surface area contributed by atoms with Gasteiger partial charge in [-0.2, -0.15) is 0 Å². The molecule has 3 aromatic carbocycles. The third-order valence-corrected chi connectivity index (χ3v) is 6.56. The van der Waals surface area contributed by atoms with Gasteiger partial charge in [0.2, 0.25) is 0 Å². The summed E-state index contributed by atoms with van der Waals surface area (Å²) in [6.07, 6.45) is 3.60. The molecule has 1 atom stereocenters. The Labute approximate surface area is 194 Å². The summed E-state index contributed by atoms with van der Waals surface area (Å²) in [6.45, 7) is 4.58. The van der Waals surface area contributed by atoms with E-state index in [1.165, 1.54) is 22.3 Å². The zero-order valence-electron chi connectivity index (χ0n) is 19.2. The molecule has 5 rings (SSSR count).